The molecule has 0 bridgehead atoms. The Kier molecular flexibility index (Phi) is 37.5. The minimum Gasteiger partial charge on any atom is -0.490 e. The predicted octanol–water partition coefficient (Wildman–Crippen LogP) is 12.5. The van der Waals surface area contributed by atoms with Gasteiger partial charge < -0.3 is 42.8 Å². The highest BCUT2D eigenvalue weighted by molar-refractivity contribution is 5.88. The summed E-state index contributed by atoms with van der Waals surface area (Å²) < 4.78 is 40.3. The quantitative estimate of drug-likeness (QED) is 0.0335. The third kappa shape index (κ3) is 39.3. The Balaban J connectivity index is 0. The first-order valence-corrected chi connectivity index (χ1v) is 24.6. The van der Waals surface area contributed by atoms with Crippen molar-refractivity contribution in [1.29, 1.82) is 0 Å². The van der Waals surface area contributed by atoms with Crippen LogP contribution >= 0.6 is 0 Å². The summed E-state index contributed by atoms with van der Waals surface area (Å²) in [4.78, 5) is 56.8. The number of carbonyl (C=O) groups is 5. The van der Waals surface area contributed by atoms with Gasteiger partial charge in [-0.3, -0.25) is 0 Å². The summed E-state index contributed by atoms with van der Waals surface area (Å²) >= 11 is 0. The van der Waals surface area contributed by atoms with E-state index in [0.717, 1.165) is 34.7 Å². The lowest BCUT2D eigenvalue weighted by Crippen LogP contribution is -2.25. The van der Waals surface area contributed by atoms with Crippen molar-refractivity contribution in [2.45, 2.75) is 87.0 Å². The van der Waals surface area contributed by atoms with Gasteiger partial charge in [-0.1, -0.05) is 137 Å². The number of esters is 5. The lowest BCUT2D eigenvalue weighted by atomic mass is 9.98. The Morgan fingerprint density at radius 3 is 1.30 bits per heavy atom. The summed E-state index contributed by atoms with van der Waals surface area (Å²) in [5.74, 6) is -0.0924. The van der Waals surface area contributed by atoms with E-state index in [9.17, 15) is 24.0 Å². The predicted molar refractivity (Wildman–Crippen MR) is 308 cm³/mol. The average Bonchev–Trinajstić information content (AvgIpc) is 3.38. The van der Waals surface area contributed by atoms with Gasteiger partial charge in [0.25, 0.3) is 0 Å². The van der Waals surface area contributed by atoms with E-state index in [1.165, 1.54) is 0 Å². The van der Waals surface area contributed by atoms with E-state index in [2.05, 4.69) is 48.9 Å². The Labute approximate surface area is 459 Å². The number of benzene rings is 4. The van der Waals surface area contributed by atoms with E-state index in [0.29, 0.717) is 60.9 Å². The second-order valence-electron chi connectivity index (χ2n) is 18.6. The van der Waals surface area contributed by atoms with Crippen molar-refractivity contribution in [3.8, 4) is 11.5 Å². The van der Waals surface area contributed by atoms with Gasteiger partial charge in [0.05, 0.1) is 6.61 Å². The maximum absolute atomic E-state index is 11.4. The minimum atomic E-state index is -0.614. The molecule has 0 radical (unpaired) electrons. The number of methoxy groups -OCH3 is 1. The van der Waals surface area contributed by atoms with E-state index >= 15 is 0 Å². The molecule has 0 atom stereocenters. The lowest BCUT2D eigenvalue weighted by Gasteiger charge is -2.25. The Hall–Kier alpha value is -7.81. The number of nitrogens with zero attached hydrogens (tertiary/aromatic N) is 1. The molecule has 420 valence electrons. The van der Waals surface area contributed by atoms with E-state index in [4.69, 9.17) is 28.4 Å². The summed E-state index contributed by atoms with van der Waals surface area (Å²) in [5, 5.41) is 0. The molecule has 4 rings (SSSR count). The highest BCUT2D eigenvalue weighted by atomic mass is 16.6. The monoisotopic (exact) mass is 1060 g/mol. The second-order valence-corrected chi connectivity index (χ2v) is 18.6. The zero-order chi connectivity index (χ0) is 59.0. The van der Waals surface area contributed by atoms with Crippen LogP contribution < -0.4 is 9.47 Å². The van der Waals surface area contributed by atoms with Crippen LogP contribution in [0.25, 0.3) is 6.08 Å². The van der Waals surface area contributed by atoms with Crippen LogP contribution in [0, 0.1) is 0 Å². The zero-order valence-corrected chi connectivity index (χ0v) is 48.0. The van der Waals surface area contributed by atoms with Crippen molar-refractivity contribution in [2.24, 2.45) is 0 Å². The fourth-order valence-corrected chi connectivity index (χ4v) is 4.81. The summed E-state index contributed by atoms with van der Waals surface area (Å²) in [6, 6.07) is 36.5. The highest BCUT2D eigenvalue weighted by Gasteiger charge is 2.25. The number of hydrogen-bond donors (Lipinski definition) is 0. The third-order valence-corrected chi connectivity index (χ3v) is 8.93. The van der Waals surface area contributed by atoms with Crippen LogP contribution in [0.2, 0.25) is 0 Å². The van der Waals surface area contributed by atoms with Crippen LogP contribution in [0.15, 0.2) is 183 Å². The number of ether oxygens (including phenoxy) is 8. The molecule has 0 aromatic heterocycles. The molecule has 0 heterocycles. The van der Waals surface area contributed by atoms with Crippen molar-refractivity contribution in [3.05, 3.63) is 199 Å². The molecule has 4 aromatic rings. The molecule has 0 fully saturated rings. The van der Waals surface area contributed by atoms with Gasteiger partial charge in [0.2, 0.25) is 0 Å². The first kappa shape index (κ1) is 71.3. The second kappa shape index (κ2) is 40.5. The molecule has 14 heteroatoms. The number of para-hydroxylation sites is 1. The van der Waals surface area contributed by atoms with Crippen molar-refractivity contribution < 1.29 is 61.9 Å². The third-order valence-electron chi connectivity index (χ3n) is 8.93. The zero-order valence-electron chi connectivity index (χ0n) is 48.0. The van der Waals surface area contributed by atoms with Crippen LogP contribution in [0.5, 0.6) is 11.5 Å². The van der Waals surface area contributed by atoms with Crippen molar-refractivity contribution in [3.63, 3.8) is 0 Å². The Morgan fingerprint density at radius 1 is 0.494 bits per heavy atom. The SMILES string of the molecule is C=C(C)C(=O)OC(C)(C)c1ccccc1.C=C(C)C(=O)OCCN(C)C.C=C(C)C(=O)OCCOC.C=C(C)C(=O)OCCOc1ccccc1.C=C(C)C(=O)OCc1ccccc1.C=Cc1ccc(OC(C)(C)C)cc1. The molecule has 77 heavy (non-hydrogen) atoms. The van der Waals surface area contributed by atoms with Gasteiger partial charge in [0.15, 0.2) is 0 Å². The standard InChI is InChI=1S/C13H16O2.C12H14O3.C12H16O.C11H12O2.C8H15NO2.C7H12O3/c1-10(2)12(14)15-13(3,4)11-8-6-5-7-9-11;1-10(2)12(13)15-9-8-14-11-6-4-3-5-7-11;1-5-10-6-8-11(9-7-10)13-12(2,3)4;1-9(2)11(12)13-8-10-6-4-3-5-7-10;1-7(2)8(10)11-6-5-9(3)4;1-6(2)7(8)10-5-4-9-3/h5-9H,1H2,2-4H3;3-7H,1,8-9H2,2H3;5-9H,1H2,2-4H3;3-7H,1,8H2,2H3;1,5-6H2,2-4H3;1,4-5H2,2-3H3. The number of carbonyl (C=O) groups excluding carboxylic acids is 5. The van der Waals surface area contributed by atoms with Crippen LogP contribution in [0.4, 0.5) is 0 Å². The summed E-state index contributed by atoms with van der Waals surface area (Å²) in [6.07, 6.45) is 1.82. The molecule has 0 unspecified atom stereocenters. The van der Waals surface area contributed by atoms with Crippen molar-refractivity contribution in [2.75, 3.05) is 60.8 Å². The fraction of sp³-hybridized carbons (Fsp3) is 0.349. The largest absolute Gasteiger partial charge is 0.490 e. The Morgan fingerprint density at radius 2 is 0.896 bits per heavy atom. The fourth-order valence-electron chi connectivity index (χ4n) is 4.81. The molecular weight excluding hydrogens is 979 g/mol. The molecule has 0 spiro atoms. The molecule has 4 aromatic carbocycles. The number of rotatable bonds is 21. The molecule has 0 aliphatic carbocycles. The molecule has 0 aliphatic rings. The van der Waals surface area contributed by atoms with Crippen molar-refractivity contribution in [1.82, 2.24) is 4.90 Å². The molecule has 0 saturated carbocycles. The summed E-state index contributed by atoms with van der Waals surface area (Å²) in [6.45, 7) is 41.9. The summed E-state index contributed by atoms with van der Waals surface area (Å²) in [7, 11) is 5.40. The van der Waals surface area contributed by atoms with Crippen LogP contribution in [-0.4, -0.2) is 101 Å². The molecule has 0 saturated heterocycles. The maximum atomic E-state index is 11.4. The first-order valence-electron chi connectivity index (χ1n) is 24.6. The minimum absolute atomic E-state index is 0.129. The van der Waals surface area contributed by atoms with E-state index in [1.807, 2.05) is 175 Å². The van der Waals surface area contributed by atoms with Gasteiger partial charge in [0, 0.05) is 41.5 Å². The molecule has 0 N–H and O–H groups in total. The van der Waals surface area contributed by atoms with Gasteiger partial charge in [-0.05, 0) is 124 Å². The molecule has 0 amide bonds. The number of hydrogen-bond acceptors (Lipinski definition) is 14. The maximum Gasteiger partial charge on any atom is 0.333 e. The lowest BCUT2D eigenvalue weighted by molar-refractivity contribution is -0.152. The van der Waals surface area contributed by atoms with Crippen LogP contribution in [-0.2, 0) is 64.6 Å². The van der Waals surface area contributed by atoms with Crippen molar-refractivity contribution >= 4 is 35.9 Å². The van der Waals surface area contributed by atoms with Gasteiger partial charge >= 0.3 is 29.8 Å². The molecule has 0 aliphatic heterocycles. The molecular formula is C63H85NO13. The topological polar surface area (TPSA) is 162 Å². The van der Waals surface area contributed by atoms with E-state index in [-0.39, 0.29) is 42.1 Å². The van der Waals surface area contributed by atoms with Gasteiger partial charge in [-0.15, -0.1) is 0 Å². The van der Waals surface area contributed by atoms with E-state index in [1.54, 1.807) is 41.7 Å². The van der Waals surface area contributed by atoms with Gasteiger partial charge in [-0.2, -0.15) is 0 Å². The number of likely N-dealkylation sites (N-methyl/N-ethyl adjacent to an activating group) is 1. The van der Waals surface area contributed by atoms with Gasteiger partial charge in [0.1, 0.15) is 55.7 Å². The summed E-state index contributed by atoms with van der Waals surface area (Å²) in [5.41, 5.74) is 4.43. The van der Waals surface area contributed by atoms with E-state index < -0.39 is 5.60 Å². The average molecular weight is 1060 g/mol. The van der Waals surface area contributed by atoms with Crippen LogP contribution in [0.1, 0.15) is 85.9 Å². The Bertz CT molecular complexity index is 2420. The smallest absolute Gasteiger partial charge is 0.333 e. The first-order chi connectivity index (χ1) is 36.1. The van der Waals surface area contributed by atoms with Crippen LogP contribution in [0.3, 0.4) is 0 Å². The normalized spacial score (nSPS) is 9.95. The highest BCUT2D eigenvalue weighted by Crippen LogP contribution is 2.25. The molecule has 14 nitrogen and oxygen atoms in total. The van der Waals surface area contributed by atoms with Gasteiger partial charge in [-0.25, -0.2) is 24.0 Å².